The molecule has 6 heteroatoms. The van der Waals surface area contributed by atoms with Crippen LogP contribution >= 0.6 is 11.3 Å². The summed E-state index contributed by atoms with van der Waals surface area (Å²) in [6.45, 7) is 2.53. The Morgan fingerprint density at radius 3 is 2.48 bits per heavy atom. The molecule has 5 nitrogen and oxygen atoms in total. The molecule has 21 heavy (non-hydrogen) atoms. The average molecular weight is 310 g/mol. The maximum atomic E-state index is 12.0. The summed E-state index contributed by atoms with van der Waals surface area (Å²) < 4.78 is 0. The van der Waals surface area contributed by atoms with Gasteiger partial charge in [0.2, 0.25) is 0 Å². The molecule has 0 spiro atoms. The first-order valence-corrected chi connectivity index (χ1v) is 8.24. The number of aliphatic carboxylic acids is 1. The van der Waals surface area contributed by atoms with Gasteiger partial charge < -0.3 is 15.7 Å². The van der Waals surface area contributed by atoms with Gasteiger partial charge >= 0.3 is 12.0 Å². The smallest absolute Gasteiger partial charge is 0.329 e. The Morgan fingerprint density at radius 1 is 1.24 bits per heavy atom. The normalized spacial score (nSPS) is 17.2. The van der Waals surface area contributed by atoms with Crippen LogP contribution in [0.1, 0.15) is 48.8 Å². The van der Waals surface area contributed by atoms with Crippen molar-refractivity contribution in [3.8, 4) is 0 Å². The highest BCUT2D eigenvalue weighted by Gasteiger charge is 2.40. The molecule has 0 saturated heterocycles. The van der Waals surface area contributed by atoms with E-state index >= 15 is 0 Å². The van der Waals surface area contributed by atoms with E-state index in [4.69, 9.17) is 0 Å². The number of amides is 2. The molecule has 0 aromatic carbocycles. The zero-order valence-corrected chi connectivity index (χ0v) is 13.1. The fraction of sp³-hybridized carbons (Fsp3) is 0.600. The lowest BCUT2D eigenvalue weighted by Crippen LogP contribution is -2.57. The van der Waals surface area contributed by atoms with Crippen LogP contribution in [0, 0.1) is 0 Å². The summed E-state index contributed by atoms with van der Waals surface area (Å²) in [6.07, 6.45) is 4.73. The Morgan fingerprint density at radius 2 is 1.90 bits per heavy atom. The molecular weight excluding hydrogens is 288 g/mol. The quantitative estimate of drug-likeness (QED) is 0.782. The van der Waals surface area contributed by atoms with Crippen LogP contribution in [0.5, 0.6) is 0 Å². The van der Waals surface area contributed by atoms with Gasteiger partial charge in [0.15, 0.2) is 0 Å². The number of nitrogens with one attached hydrogen (secondary N) is 2. The van der Waals surface area contributed by atoms with Gasteiger partial charge in [-0.2, -0.15) is 0 Å². The third kappa shape index (κ3) is 3.97. The van der Waals surface area contributed by atoms with Crippen molar-refractivity contribution in [2.24, 2.45) is 0 Å². The van der Waals surface area contributed by atoms with Crippen molar-refractivity contribution in [3.05, 3.63) is 21.9 Å². The second-order valence-electron chi connectivity index (χ2n) is 5.48. The van der Waals surface area contributed by atoms with E-state index in [1.165, 1.54) is 4.88 Å². The van der Waals surface area contributed by atoms with Crippen LogP contribution in [0.15, 0.2) is 12.1 Å². The number of rotatable bonds is 5. The van der Waals surface area contributed by atoms with Crippen molar-refractivity contribution in [2.75, 3.05) is 0 Å². The van der Waals surface area contributed by atoms with Crippen LogP contribution < -0.4 is 10.6 Å². The first-order chi connectivity index (χ1) is 10.1. The average Bonchev–Trinajstić information content (AvgIpc) is 2.94. The molecule has 1 aliphatic rings. The lowest BCUT2D eigenvalue weighted by atomic mass is 9.82. The zero-order chi connectivity index (χ0) is 15.3. The van der Waals surface area contributed by atoms with Gasteiger partial charge in [0, 0.05) is 9.75 Å². The Hall–Kier alpha value is -1.56. The standard InChI is InChI=1S/C15H22N2O3S/c1-2-11-6-7-12(21-11)10-16-14(20)17-15(13(18)19)8-4-3-5-9-15/h6-7H,2-5,8-10H2,1H3,(H,18,19)(H2,16,17,20). The molecule has 2 amide bonds. The second kappa shape index (κ2) is 6.93. The highest BCUT2D eigenvalue weighted by atomic mass is 32.1. The monoisotopic (exact) mass is 310 g/mol. The van der Waals surface area contributed by atoms with E-state index in [-0.39, 0.29) is 0 Å². The molecule has 0 radical (unpaired) electrons. The third-order valence-electron chi connectivity index (χ3n) is 3.96. The summed E-state index contributed by atoms with van der Waals surface area (Å²) in [6, 6.07) is 3.65. The summed E-state index contributed by atoms with van der Waals surface area (Å²) in [5.74, 6) is -0.929. The minimum atomic E-state index is -1.09. The van der Waals surface area contributed by atoms with Gasteiger partial charge in [-0.25, -0.2) is 9.59 Å². The summed E-state index contributed by atoms with van der Waals surface area (Å²) in [4.78, 5) is 25.8. The van der Waals surface area contributed by atoms with Crippen molar-refractivity contribution in [1.29, 1.82) is 0 Å². The van der Waals surface area contributed by atoms with E-state index in [9.17, 15) is 14.7 Å². The maximum absolute atomic E-state index is 12.0. The van der Waals surface area contributed by atoms with E-state index in [2.05, 4.69) is 23.6 Å². The lowest BCUT2D eigenvalue weighted by Gasteiger charge is -2.33. The first-order valence-electron chi connectivity index (χ1n) is 7.43. The van der Waals surface area contributed by atoms with Gasteiger partial charge in [-0.1, -0.05) is 26.2 Å². The van der Waals surface area contributed by atoms with Crippen LogP contribution in [0.3, 0.4) is 0 Å². The van der Waals surface area contributed by atoms with Crippen molar-refractivity contribution in [1.82, 2.24) is 10.6 Å². The van der Waals surface area contributed by atoms with Crippen LogP contribution in [0.25, 0.3) is 0 Å². The lowest BCUT2D eigenvalue weighted by molar-refractivity contribution is -0.145. The molecule has 2 rings (SSSR count). The molecule has 0 aliphatic heterocycles. The third-order valence-corrected chi connectivity index (χ3v) is 5.19. The van der Waals surface area contributed by atoms with Gasteiger partial charge in [0.25, 0.3) is 0 Å². The molecule has 1 aromatic heterocycles. The number of aryl methyl sites for hydroxylation is 1. The maximum Gasteiger partial charge on any atom is 0.329 e. The van der Waals surface area contributed by atoms with Gasteiger partial charge in [0.05, 0.1) is 6.54 Å². The molecule has 1 aromatic rings. The zero-order valence-electron chi connectivity index (χ0n) is 12.3. The number of carboxylic acid groups (broad SMARTS) is 1. The number of thiophene rings is 1. The summed E-state index contributed by atoms with van der Waals surface area (Å²) in [5.41, 5.74) is -1.09. The van der Waals surface area contributed by atoms with Crippen molar-refractivity contribution < 1.29 is 14.7 Å². The molecule has 0 unspecified atom stereocenters. The highest BCUT2D eigenvalue weighted by Crippen LogP contribution is 2.28. The van der Waals surface area contributed by atoms with E-state index in [0.29, 0.717) is 19.4 Å². The van der Waals surface area contributed by atoms with Crippen LogP contribution in [-0.2, 0) is 17.8 Å². The Kier molecular flexibility index (Phi) is 5.22. The van der Waals surface area contributed by atoms with Crippen LogP contribution in [0.2, 0.25) is 0 Å². The fourth-order valence-electron chi connectivity index (χ4n) is 2.68. The van der Waals surface area contributed by atoms with Gasteiger partial charge in [0.1, 0.15) is 5.54 Å². The number of carboxylic acids is 1. The minimum absolute atomic E-state index is 0.397. The number of urea groups is 1. The summed E-state index contributed by atoms with van der Waals surface area (Å²) in [7, 11) is 0. The molecule has 116 valence electrons. The fourth-order valence-corrected chi connectivity index (χ4v) is 3.58. The molecule has 1 saturated carbocycles. The highest BCUT2D eigenvalue weighted by molar-refractivity contribution is 7.11. The van der Waals surface area contributed by atoms with Crippen LogP contribution in [0.4, 0.5) is 4.79 Å². The van der Waals surface area contributed by atoms with E-state index in [0.717, 1.165) is 30.6 Å². The largest absolute Gasteiger partial charge is 0.480 e. The molecule has 1 heterocycles. The number of carbonyl (C=O) groups excluding carboxylic acids is 1. The van der Waals surface area contributed by atoms with Crippen molar-refractivity contribution in [2.45, 2.75) is 57.5 Å². The summed E-state index contributed by atoms with van der Waals surface area (Å²) in [5, 5.41) is 14.9. The van der Waals surface area contributed by atoms with Crippen molar-refractivity contribution >= 4 is 23.3 Å². The Balaban J connectivity index is 1.89. The predicted molar refractivity (Wildman–Crippen MR) is 82.5 cm³/mol. The van der Waals surface area contributed by atoms with Crippen molar-refractivity contribution in [3.63, 3.8) is 0 Å². The van der Waals surface area contributed by atoms with Crippen LogP contribution in [-0.4, -0.2) is 22.6 Å². The summed E-state index contributed by atoms with van der Waals surface area (Å²) >= 11 is 1.67. The Labute approximate surface area is 128 Å². The predicted octanol–water partition coefficient (Wildman–Crippen LogP) is 2.90. The van der Waals surface area contributed by atoms with Gasteiger partial charge in [-0.15, -0.1) is 11.3 Å². The molecular formula is C15H22N2O3S. The number of hydrogen-bond acceptors (Lipinski definition) is 3. The topological polar surface area (TPSA) is 78.4 Å². The van der Waals surface area contributed by atoms with E-state index in [1.54, 1.807) is 11.3 Å². The molecule has 3 N–H and O–H groups in total. The molecule has 1 fully saturated rings. The second-order valence-corrected chi connectivity index (χ2v) is 6.73. The molecule has 1 aliphatic carbocycles. The Bertz CT molecular complexity index is 507. The van der Waals surface area contributed by atoms with E-state index in [1.807, 2.05) is 6.07 Å². The first kappa shape index (κ1) is 15.8. The number of hydrogen-bond donors (Lipinski definition) is 3. The SMILES string of the molecule is CCc1ccc(CNC(=O)NC2(C(=O)O)CCCCC2)s1. The van der Waals surface area contributed by atoms with Gasteiger partial charge in [-0.05, 0) is 31.4 Å². The minimum Gasteiger partial charge on any atom is -0.480 e. The molecule has 0 bridgehead atoms. The van der Waals surface area contributed by atoms with E-state index < -0.39 is 17.5 Å². The number of carbonyl (C=O) groups is 2. The van der Waals surface area contributed by atoms with Gasteiger partial charge in [-0.3, -0.25) is 0 Å². The molecule has 0 atom stereocenters.